The van der Waals surface area contributed by atoms with Crippen molar-refractivity contribution in [3.05, 3.63) is 88.3 Å². The molecule has 0 fully saturated rings. The molecule has 206 valence electrons. The monoisotopic (exact) mass is 565 g/mol. The lowest BCUT2D eigenvalue weighted by Crippen LogP contribution is -2.23. The number of carbonyl (C=O) groups excluding carboxylic acids is 1. The SMILES string of the molecule is CC.Cc1c(C(=O)c2ccc(Cl)cc2)c2ccc(OC(F)(F)F)cc2n1-c1ccc(F)c(O[C@@H](C)C(=O)O)c1. The van der Waals surface area contributed by atoms with Gasteiger partial charge in [-0.3, -0.25) is 4.79 Å². The summed E-state index contributed by atoms with van der Waals surface area (Å²) in [5.41, 5.74) is 1.21. The average Bonchev–Trinajstić information content (AvgIpc) is 3.16. The molecule has 0 saturated heterocycles. The minimum Gasteiger partial charge on any atom is -0.479 e. The fraction of sp³-hybridized carbons (Fsp3) is 0.214. The first-order valence-electron chi connectivity index (χ1n) is 11.8. The predicted molar refractivity (Wildman–Crippen MR) is 139 cm³/mol. The molecule has 3 aromatic carbocycles. The van der Waals surface area contributed by atoms with E-state index in [2.05, 4.69) is 4.74 Å². The number of ether oxygens (including phenoxy) is 2. The van der Waals surface area contributed by atoms with Gasteiger partial charge in [0.15, 0.2) is 23.5 Å². The highest BCUT2D eigenvalue weighted by Crippen LogP contribution is 2.36. The van der Waals surface area contributed by atoms with Crippen molar-refractivity contribution in [2.45, 2.75) is 40.2 Å². The Bertz CT molecular complexity index is 1510. The number of aliphatic carboxylic acids is 1. The second kappa shape index (κ2) is 11.8. The zero-order valence-electron chi connectivity index (χ0n) is 21.3. The van der Waals surface area contributed by atoms with Gasteiger partial charge in [0, 0.05) is 39.5 Å². The highest BCUT2D eigenvalue weighted by molar-refractivity contribution is 6.30. The molecule has 1 atom stereocenters. The number of ketones is 1. The number of aromatic nitrogens is 1. The molecule has 6 nitrogen and oxygen atoms in total. The number of rotatable bonds is 7. The zero-order valence-corrected chi connectivity index (χ0v) is 22.0. The maximum Gasteiger partial charge on any atom is 0.573 e. The molecule has 0 aliphatic heterocycles. The van der Waals surface area contributed by atoms with Crippen LogP contribution in [-0.2, 0) is 4.79 Å². The Morgan fingerprint density at radius 2 is 1.64 bits per heavy atom. The third kappa shape index (κ3) is 6.51. The molecule has 1 aromatic heterocycles. The summed E-state index contributed by atoms with van der Waals surface area (Å²) in [5, 5.41) is 9.85. The number of benzene rings is 3. The average molecular weight is 566 g/mol. The summed E-state index contributed by atoms with van der Waals surface area (Å²) in [6.45, 7) is 6.80. The van der Waals surface area contributed by atoms with E-state index in [0.717, 1.165) is 18.2 Å². The molecule has 11 heteroatoms. The van der Waals surface area contributed by atoms with Crippen LogP contribution in [0.4, 0.5) is 17.6 Å². The molecule has 39 heavy (non-hydrogen) atoms. The van der Waals surface area contributed by atoms with Gasteiger partial charge in [-0.1, -0.05) is 25.4 Å². The summed E-state index contributed by atoms with van der Waals surface area (Å²) < 4.78 is 63.9. The minimum absolute atomic E-state index is 0.167. The normalized spacial score (nSPS) is 11.9. The summed E-state index contributed by atoms with van der Waals surface area (Å²) in [7, 11) is 0. The molecule has 0 unspecified atom stereocenters. The van der Waals surface area contributed by atoms with Gasteiger partial charge in [-0.15, -0.1) is 13.2 Å². The van der Waals surface area contributed by atoms with Gasteiger partial charge in [0.25, 0.3) is 0 Å². The molecule has 0 aliphatic rings. The van der Waals surface area contributed by atoms with Crippen molar-refractivity contribution in [1.82, 2.24) is 4.57 Å². The molecule has 1 N–H and O–H groups in total. The van der Waals surface area contributed by atoms with E-state index in [4.69, 9.17) is 21.4 Å². The van der Waals surface area contributed by atoms with Crippen molar-refractivity contribution >= 4 is 34.3 Å². The number of carboxylic acid groups (broad SMARTS) is 1. The van der Waals surface area contributed by atoms with Crippen LogP contribution in [0.2, 0.25) is 5.02 Å². The molecule has 0 spiro atoms. The minimum atomic E-state index is -4.95. The topological polar surface area (TPSA) is 77.8 Å². The third-order valence-corrected chi connectivity index (χ3v) is 5.82. The second-order valence-corrected chi connectivity index (χ2v) is 8.51. The molecule has 0 radical (unpaired) electrons. The van der Waals surface area contributed by atoms with Crippen LogP contribution in [0.25, 0.3) is 16.6 Å². The lowest BCUT2D eigenvalue weighted by Gasteiger charge is -2.15. The largest absolute Gasteiger partial charge is 0.573 e. The summed E-state index contributed by atoms with van der Waals surface area (Å²) in [5.74, 6) is -3.49. The van der Waals surface area contributed by atoms with Crippen LogP contribution >= 0.6 is 11.6 Å². The maximum absolute atomic E-state index is 14.4. The molecule has 0 amide bonds. The van der Waals surface area contributed by atoms with E-state index in [1.165, 1.54) is 54.0 Å². The quantitative estimate of drug-likeness (QED) is 0.183. The van der Waals surface area contributed by atoms with Crippen LogP contribution in [0, 0.1) is 12.7 Å². The van der Waals surface area contributed by atoms with Crippen molar-refractivity contribution in [2.75, 3.05) is 0 Å². The third-order valence-electron chi connectivity index (χ3n) is 5.57. The molecule has 0 aliphatic carbocycles. The van der Waals surface area contributed by atoms with E-state index in [1.54, 1.807) is 6.92 Å². The fourth-order valence-corrected chi connectivity index (χ4v) is 4.05. The van der Waals surface area contributed by atoms with E-state index >= 15 is 0 Å². The van der Waals surface area contributed by atoms with Gasteiger partial charge in [-0.05, 0) is 62.4 Å². The van der Waals surface area contributed by atoms with Crippen molar-refractivity contribution in [2.24, 2.45) is 0 Å². The van der Waals surface area contributed by atoms with E-state index in [0.29, 0.717) is 21.7 Å². The van der Waals surface area contributed by atoms with E-state index < -0.39 is 35.8 Å². The summed E-state index contributed by atoms with van der Waals surface area (Å²) in [4.78, 5) is 24.7. The van der Waals surface area contributed by atoms with Crippen molar-refractivity contribution in [1.29, 1.82) is 0 Å². The van der Waals surface area contributed by atoms with Gasteiger partial charge < -0.3 is 19.1 Å². The van der Waals surface area contributed by atoms with Gasteiger partial charge in [0.1, 0.15) is 5.75 Å². The summed E-state index contributed by atoms with van der Waals surface area (Å²) >= 11 is 5.93. The molecule has 4 rings (SSSR count). The highest BCUT2D eigenvalue weighted by Gasteiger charge is 2.32. The van der Waals surface area contributed by atoms with E-state index in [1.807, 2.05) is 13.8 Å². The van der Waals surface area contributed by atoms with Gasteiger partial charge in [0.2, 0.25) is 0 Å². The first-order chi connectivity index (χ1) is 18.4. The Labute approximate surface area is 226 Å². The fourth-order valence-electron chi connectivity index (χ4n) is 3.92. The van der Waals surface area contributed by atoms with Crippen molar-refractivity contribution < 1.29 is 41.7 Å². The number of alkyl halides is 3. The van der Waals surface area contributed by atoms with Crippen LogP contribution in [0.1, 0.15) is 42.4 Å². The van der Waals surface area contributed by atoms with Gasteiger partial charge >= 0.3 is 12.3 Å². The van der Waals surface area contributed by atoms with Gasteiger partial charge in [0.05, 0.1) is 11.1 Å². The second-order valence-electron chi connectivity index (χ2n) is 8.07. The smallest absolute Gasteiger partial charge is 0.479 e. The molecule has 0 bridgehead atoms. The summed E-state index contributed by atoms with van der Waals surface area (Å²) in [6.07, 6.45) is -6.33. The standard InChI is InChI=1S/C26H18ClF4NO5.C2H6/c1-13-23(24(33)15-3-5-16(27)6-4-15)19-9-8-18(37-26(29,30)31)12-21(19)32(13)17-7-10-20(28)22(11-17)36-14(2)25(34)35;1-2/h3-12,14H,1-2H3,(H,34,35);1-2H3/t14-;/m0./s1. The molecule has 0 saturated carbocycles. The van der Waals surface area contributed by atoms with Crippen molar-refractivity contribution in [3.8, 4) is 17.2 Å². The number of carbonyl (C=O) groups is 2. The van der Waals surface area contributed by atoms with Crippen LogP contribution < -0.4 is 9.47 Å². The van der Waals surface area contributed by atoms with Gasteiger partial charge in [-0.2, -0.15) is 0 Å². The lowest BCUT2D eigenvalue weighted by atomic mass is 10.0. The van der Waals surface area contributed by atoms with Gasteiger partial charge in [-0.25, -0.2) is 9.18 Å². The molecular formula is C28H24ClF4NO5. The van der Waals surface area contributed by atoms with E-state index in [9.17, 15) is 27.2 Å². The van der Waals surface area contributed by atoms with Crippen molar-refractivity contribution in [3.63, 3.8) is 0 Å². The Morgan fingerprint density at radius 3 is 2.23 bits per heavy atom. The number of nitrogens with zero attached hydrogens (tertiary/aromatic N) is 1. The number of halogens is 5. The van der Waals surface area contributed by atoms with Crippen LogP contribution in [0.5, 0.6) is 11.5 Å². The number of fused-ring (bicyclic) bond motifs is 1. The summed E-state index contributed by atoms with van der Waals surface area (Å²) in [6, 6.07) is 13.2. The number of carboxylic acids is 1. The van der Waals surface area contributed by atoms with E-state index in [-0.39, 0.29) is 22.5 Å². The van der Waals surface area contributed by atoms with Crippen LogP contribution in [-0.4, -0.2) is 33.9 Å². The predicted octanol–water partition coefficient (Wildman–Crippen LogP) is 7.74. The number of hydrogen-bond acceptors (Lipinski definition) is 4. The van der Waals surface area contributed by atoms with Crippen LogP contribution in [0.15, 0.2) is 60.7 Å². The molecular weight excluding hydrogens is 542 g/mol. The zero-order chi connectivity index (χ0) is 29.1. The maximum atomic E-state index is 14.4. The Hall–Kier alpha value is -4.05. The Kier molecular flexibility index (Phi) is 8.91. The first kappa shape index (κ1) is 29.5. The van der Waals surface area contributed by atoms with Crippen LogP contribution in [0.3, 0.4) is 0 Å². The molecule has 1 heterocycles. The Morgan fingerprint density at radius 1 is 1.00 bits per heavy atom. The molecule has 4 aromatic rings. The first-order valence-corrected chi connectivity index (χ1v) is 12.1. The number of hydrogen-bond donors (Lipinski definition) is 1. The Balaban J connectivity index is 0.00000205. The lowest BCUT2D eigenvalue weighted by molar-refractivity contribution is -0.274. The highest BCUT2D eigenvalue weighted by atomic mass is 35.5.